The van der Waals surface area contributed by atoms with E-state index in [-0.39, 0.29) is 5.91 Å². The molecule has 0 bridgehead atoms. The predicted octanol–water partition coefficient (Wildman–Crippen LogP) is 4.18. The molecule has 1 aliphatic rings. The number of carbonyl (C=O) groups excluding carboxylic acids is 1. The van der Waals surface area contributed by atoms with E-state index in [0.29, 0.717) is 17.8 Å². The molecule has 3 rings (SSSR count). The summed E-state index contributed by atoms with van der Waals surface area (Å²) in [5, 5.41) is 4.17. The van der Waals surface area contributed by atoms with Crippen molar-refractivity contribution in [1.29, 1.82) is 0 Å². The molecule has 1 N–H and O–H groups in total. The molecule has 1 aliphatic carbocycles. The van der Waals surface area contributed by atoms with Crippen molar-refractivity contribution in [2.45, 2.75) is 39.5 Å². The Balaban J connectivity index is 1.53. The molecule has 0 saturated heterocycles. The third-order valence-corrected chi connectivity index (χ3v) is 5.48. The lowest BCUT2D eigenvalue weighted by Gasteiger charge is -2.04. The number of carbonyl (C=O) groups is 1. The molecule has 122 valence electrons. The minimum atomic E-state index is 0.0358. The number of nitrogens with one attached hydrogen (secondary N) is 1. The fourth-order valence-electron chi connectivity index (χ4n) is 2.99. The number of hydrogen-bond acceptors (Lipinski definition) is 3. The third-order valence-electron chi connectivity index (χ3n) is 4.31. The standard InChI is InChI=1S/C19H24N2OS/c1-12(2)9-17-21-13(3)18(23-17)19(22)20-11-15-10-16(15)14-7-5-4-6-8-14/h4-8,12,15-16H,9-11H2,1-3H3,(H,20,22). The van der Waals surface area contributed by atoms with Crippen LogP contribution in [0.4, 0.5) is 0 Å². The maximum atomic E-state index is 12.4. The number of thiazole rings is 1. The molecule has 3 nitrogen and oxygen atoms in total. The topological polar surface area (TPSA) is 42.0 Å². The van der Waals surface area contributed by atoms with Crippen molar-refractivity contribution < 1.29 is 4.79 Å². The highest BCUT2D eigenvalue weighted by molar-refractivity contribution is 7.13. The van der Waals surface area contributed by atoms with Crippen LogP contribution in [0.2, 0.25) is 0 Å². The third kappa shape index (κ3) is 3.99. The highest BCUT2D eigenvalue weighted by Crippen LogP contribution is 2.46. The highest BCUT2D eigenvalue weighted by atomic mass is 32.1. The fraction of sp³-hybridized carbons (Fsp3) is 0.474. The van der Waals surface area contributed by atoms with Crippen LogP contribution < -0.4 is 5.32 Å². The normalized spacial score (nSPS) is 19.8. The molecule has 1 amide bonds. The molecule has 2 aromatic rings. The number of nitrogens with zero attached hydrogens (tertiary/aromatic N) is 1. The largest absolute Gasteiger partial charge is 0.351 e. The second kappa shape index (κ2) is 6.83. The molecular formula is C19H24N2OS. The number of amides is 1. The van der Waals surface area contributed by atoms with E-state index in [0.717, 1.165) is 28.5 Å². The molecule has 0 spiro atoms. The van der Waals surface area contributed by atoms with Crippen molar-refractivity contribution in [2.24, 2.45) is 11.8 Å². The van der Waals surface area contributed by atoms with Gasteiger partial charge in [0.1, 0.15) is 4.88 Å². The van der Waals surface area contributed by atoms with Crippen molar-refractivity contribution in [3.8, 4) is 0 Å². The summed E-state index contributed by atoms with van der Waals surface area (Å²) < 4.78 is 0. The van der Waals surface area contributed by atoms with Gasteiger partial charge in [-0.3, -0.25) is 4.79 Å². The summed E-state index contributed by atoms with van der Waals surface area (Å²) in [7, 11) is 0. The summed E-state index contributed by atoms with van der Waals surface area (Å²) in [4.78, 5) is 17.7. The average molecular weight is 328 g/mol. The van der Waals surface area contributed by atoms with Crippen molar-refractivity contribution in [1.82, 2.24) is 10.3 Å². The van der Waals surface area contributed by atoms with Gasteiger partial charge in [0.15, 0.2) is 0 Å². The molecule has 23 heavy (non-hydrogen) atoms. The van der Waals surface area contributed by atoms with E-state index < -0.39 is 0 Å². The van der Waals surface area contributed by atoms with Crippen LogP contribution in [0.1, 0.15) is 52.1 Å². The van der Waals surface area contributed by atoms with E-state index in [1.165, 1.54) is 12.0 Å². The number of benzene rings is 1. The Morgan fingerprint density at radius 1 is 1.35 bits per heavy atom. The summed E-state index contributed by atoms with van der Waals surface area (Å²) in [6.07, 6.45) is 2.11. The number of aromatic nitrogens is 1. The first-order valence-corrected chi connectivity index (χ1v) is 9.15. The summed E-state index contributed by atoms with van der Waals surface area (Å²) in [5.74, 6) is 1.78. The molecule has 1 saturated carbocycles. The quantitative estimate of drug-likeness (QED) is 0.864. The van der Waals surface area contributed by atoms with Gasteiger partial charge in [0, 0.05) is 13.0 Å². The SMILES string of the molecule is Cc1nc(CC(C)C)sc1C(=O)NCC1CC1c1ccccc1. The Bertz CT molecular complexity index is 678. The van der Waals surface area contributed by atoms with E-state index >= 15 is 0 Å². The van der Waals surface area contributed by atoms with Crippen LogP contribution in [0.25, 0.3) is 0 Å². The first kappa shape index (κ1) is 16.2. The molecule has 1 aromatic carbocycles. The van der Waals surface area contributed by atoms with Crippen LogP contribution >= 0.6 is 11.3 Å². The maximum Gasteiger partial charge on any atom is 0.263 e. The van der Waals surface area contributed by atoms with Crippen LogP contribution in [0.3, 0.4) is 0 Å². The molecule has 2 unspecified atom stereocenters. The zero-order chi connectivity index (χ0) is 16.4. The van der Waals surface area contributed by atoms with E-state index in [9.17, 15) is 4.79 Å². The van der Waals surface area contributed by atoms with E-state index in [1.54, 1.807) is 11.3 Å². The van der Waals surface area contributed by atoms with Crippen molar-refractivity contribution in [2.75, 3.05) is 6.54 Å². The average Bonchev–Trinajstić information content (AvgIpc) is 3.21. The van der Waals surface area contributed by atoms with Crippen LogP contribution in [-0.2, 0) is 6.42 Å². The first-order valence-electron chi connectivity index (χ1n) is 8.34. The smallest absolute Gasteiger partial charge is 0.263 e. The lowest BCUT2D eigenvalue weighted by atomic mass is 10.1. The van der Waals surface area contributed by atoms with Crippen molar-refractivity contribution >= 4 is 17.2 Å². The molecule has 1 fully saturated rings. The molecular weight excluding hydrogens is 304 g/mol. The van der Waals surface area contributed by atoms with Gasteiger partial charge in [0.2, 0.25) is 0 Å². The molecule has 0 radical (unpaired) electrons. The molecule has 1 heterocycles. The lowest BCUT2D eigenvalue weighted by Crippen LogP contribution is -2.25. The van der Waals surface area contributed by atoms with Gasteiger partial charge >= 0.3 is 0 Å². The minimum Gasteiger partial charge on any atom is -0.351 e. The van der Waals surface area contributed by atoms with Gasteiger partial charge < -0.3 is 5.32 Å². The van der Waals surface area contributed by atoms with Gasteiger partial charge in [-0.15, -0.1) is 11.3 Å². The van der Waals surface area contributed by atoms with Gasteiger partial charge in [0.05, 0.1) is 10.7 Å². The molecule has 4 heteroatoms. The fourth-order valence-corrected chi connectivity index (χ4v) is 4.18. The molecule has 1 aromatic heterocycles. The van der Waals surface area contributed by atoms with Gasteiger partial charge in [-0.2, -0.15) is 0 Å². The zero-order valence-electron chi connectivity index (χ0n) is 14.0. The van der Waals surface area contributed by atoms with Gasteiger partial charge in [-0.1, -0.05) is 44.2 Å². The Labute approximate surface area is 142 Å². The number of aryl methyl sites for hydroxylation is 1. The summed E-state index contributed by atoms with van der Waals surface area (Å²) in [6, 6.07) is 10.6. The molecule has 0 aliphatic heterocycles. The lowest BCUT2D eigenvalue weighted by molar-refractivity contribution is 0.0955. The molecule has 2 atom stereocenters. The van der Waals surface area contributed by atoms with Crippen LogP contribution in [0.5, 0.6) is 0 Å². The predicted molar refractivity (Wildman–Crippen MR) is 95.0 cm³/mol. The van der Waals surface area contributed by atoms with E-state index in [2.05, 4.69) is 48.4 Å². The summed E-state index contributed by atoms with van der Waals surface area (Å²) >= 11 is 1.54. The second-order valence-corrected chi connectivity index (χ2v) is 7.93. The van der Waals surface area contributed by atoms with E-state index in [1.807, 2.05) is 13.0 Å². The van der Waals surface area contributed by atoms with Crippen molar-refractivity contribution in [3.63, 3.8) is 0 Å². The minimum absolute atomic E-state index is 0.0358. The van der Waals surface area contributed by atoms with Gasteiger partial charge in [0.25, 0.3) is 5.91 Å². The number of hydrogen-bond donors (Lipinski definition) is 1. The zero-order valence-corrected chi connectivity index (χ0v) is 14.8. The Hall–Kier alpha value is -1.68. The summed E-state index contributed by atoms with van der Waals surface area (Å²) in [5.41, 5.74) is 2.25. The number of rotatable bonds is 6. The maximum absolute atomic E-state index is 12.4. The van der Waals surface area contributed by atoms with Gasteiger partial charge in [-0.05, 0) is 36.7 Å². The van der Waals surface area contributed by atoms with Gasteiger partial charge in [-0.25, -0.2) is 4.98 Å². The Morgan fingerprint density at radius 2 is 2.09 bits per heavy atom. The van der Waals surface area contributed by atoms with Crippen molar-refractivity contribution in [3.05, 3.63) is 51.5 Å². The highest BCUT2D eigenvalue weighted by Gasteiger charge is 2.38. The van der Waals surface area contributed by atoms with Crippen LogP contribution in [0.15, 0.2) is 30.3 Å². The second-order valence-electron chi connectivity index (χ2n) is 6.84. The monoisotopic (exact) mass is 328 g/mol. The Kier molecular flexibility index (Phi) is 4.81. The van der Waals surface area contributed by atoms with Crippen LogP contribution in [0, 0.1) is 18.8 Å². The van der Waals surface area contributed by atoms with Crippen LogP contribution in [-0.4, -0.2) is 17.4 Å². The Morgan fingerprint density at radius 3 is 2.78 bits per heavy atom. The summed E-state index contributed by atoms with van der Waals surface area (Å²) in [6.45, 7) is 7.04. The first-order chi connectivity index (χ1) is 11.0. The van der Waals surface area contributed by atoms with E-state index in [4.69, 9.17) is 0 Å².